The normalized spacial score (nSPS) is 11.1. The van der Waals surface area contributed by atoms with Crippen molar-refractivity contribution in [2.24, 2.45) is 0 Å². The molecule has 2 N–H and O–H groups in total. The number of carbonyl (C=O) groups is 1. The van der Waals surface area contributed by atoms with Gasteiger partial charge in [-0.3, -0.25) is 4.79 Å². The number of nitrogens with one attached hydrogen (secondary N) is 2. The van der Waals surface area contributed by atoms with Gasteiger partial charge in [-0.2, -0.15) is 0 Å². The Morgan fingerprint density at radius 3 is 2.30 bits per heavy atom. The van der Waals surface area contributed by atoms with Crippen molar-refractivity contribution in [2.75, 3.05) is 11.9 Å². The first-order chi connectivity index (χ1) is 10.8. The first-order valence-corrected chi connectivity index (χ1v) is 7.84. The monoisotopic (exact) mass is 332 g/mol. The molecule has 0 radical (unpaired) electrons. The van der Waals surface area contributed by atoms with Gasteiger partial charge >= 0.3 is 0 Å². The third-order valence-electron chi connectivity index (χ3n) is 3.01. The summed E-state index contributed by atoms with van der Waals surface area (Å²) in [5, 5.41) is 6.74. The molecule has 5 nitrogen and oxygen atoms in total. The molecule has 0 aliphatic carbocycles. The second-order valence-corrected chi connectivity index (χ2v) is 6.74. The van der Waals surface area contributed by atoms with Crippen LogP contribution >= 0.6 is 11.6 Å². The Bertz CT molecular complexity index is 648. The first kappa shape index (κ1) is 17.2. The molecule has 2 aromatic rings. The van der Waals surface area contributed by atoms with Gasteiger partial charge in [-0.1, -0.05) is 23.7 Å². The van der Waals surface area contributed by atoms with E-state index < -0.39 is 0 Å². The highest BCUT2D eigenvalue weighted by Gasteiger charge is 2.15. The van der Waals surface area contributed by atoms with Gasteiger partial charge in [-0.05, 0) is 44.9 Å². The van der Waals surface area contributed by atoms with Crippen LogP contribution in [-0.2, 0) is 6.42 Å². The van der Waals surface area contributed by atoms with Crippen molar-refractivity contribution in [3.63, 3.8) is 0 Å². The van der Waals surface area contributed by atoms with Gasteiger partial charge in [-0.15, -0.1) is 0 Å². The smallest absolute Gasteiger partial charge is 0.254 e. The van der Waals surface area contributed by atoms with Crippen molar-refractivity contribution in [1.82, 2.24) is 15.3 Å². The summed E-state index contributed by atoms with van der Waals surface area (Å²) in [4.78, 5) is 20.3. The van der Waals surface area contributed by atoms with Crippen LogP contribution in [0.3, 0.4) is 0 Å². The molecule has 0 atom stereocenters. The van der Waals surface area contributed by atoms with E-state index in [4.69, 9.17) is 11.6 Å². The lowest BCUT2D eigenvalue weighted by molar-refractivity contribution is 0.0919. The fourth-order valence-corrected chi connectivity index (χ4v) is 2.05. The third-order valence-corrected chi connectivity index (χ3v) is 3.26. The summed E-state index contributed by atoms with van der Waals surface area (Å²) < 4.78 is 0. The second kappa shape index (κ2) is 7.42. The summed E-state index contributed by atoms with van der Waals surface area (Å²) in [6, 6.07) is 7.72. The molecule has 1 heterocycles. The van der Waals surface area contributed by atoms with Gasteiger partial charge in [0.1, 0.15) is 0 Å². The van der Waals surface area contributed by atoms with E-state index in [2.05, 4.69) is 20.6 Å². The molecule has 122 valence electrons. The number of hydrogen-bond acceptors (Lipinski definition) is 4. The van der Waals surface area contributed by atoms with Crippen LogP contribution in [0.5, 0.6) is 0 Å². The minimum atomic E-state index is -0.285. The molecular weight excluding hydrogens is 312 g/mol. The first-order valence-electron chi connectivity index (χ1n) is 7.46. The Labute approximate surface area is 141 Å². The zero-order valence-corrected chi connectivity index (χ0v) is 14.3. The van der Waals surface area contributed by atoms with E-state index in [9.17, 15) is 4.79 Å². The van der Waals surface area contributed by atoms with E-state index >= 15 is 0 Å². The lowest BCUT2D eigenvalue weighted by Gasteiger charge is -2.20. The van der Waals surface area contributed by atoms with Gasteiger partial charge in [0.05, 0.1) is 5.56 Å². The van der Waals surface area contributed by atoms with Crippen molar-refractivity contribution in [3.8, 4) is 0 Å². The second-order valence-electron chi connectivity index (χ2n) is 6.30. The van der Waals surface area contributed by atoms with Crippen LogP contribution in [0, 0.1) is 0 Å². The van der Waals surface area contributed by atoms with Crippen LogP contribution in [-0.4, -0.2) is 28.0 Å². The van der Waals surface area contributed by atoms with Gasteiger partial charge in [0, 0.05) is 29.5 Å². The number of nitrogens with zero attached hydrogens (tertiary/aromatic N) is 2. The van der Waals surface area contributed by atoms with Crippen LogP contribution in [0.4, 0.5) is 5.95 Å². The number of rotatable bonds is 5. The summed E-state index contributed by atoms with van der Waals surface area (Å²) in [6.45, 7) is 6.49. The standard InChI is InChI=1S/C17H21ClN4O/c1-17(2,3)22-15(23)13-10-20-16(21-11-13)19-9-8-12-4-6-14(18)7-5-12/h4-7,10-11H,8-9H2,1-3H3,(H,22,23)(H,19,20,21). The molecule has 0 aliphatic rings. The minimum absolute atomic E-state index is 0.176. The maximum atomic E-state index is 12.0. The minimum Gasteiger partial charge on any atom is -0.354 e. The number of aromatic nitrogens is 2. The maximum absolute atomic E-state index is 12.0. The summed E-state index contributed by atoms with van der Waals surface area (Å²) in [5.74, 6) is 0.330. The average molecular weight is 333 g/mol. The summed E-state index contributed by atoms with van der Waals surface area (Å²) in [7, 11) is 0. The molecule has 0 bridgehead atoms. The zero-order chi connectivity index (χ0) is 16.9. The molecule has 1 amide bonds. The molecular formula is C17H21ClN4O. The number of anilines is 1. The van der Waals surface area contributed by atoms with E-state index in [1.54, 1.807) is 0 Å². The van der Waals surface area contributed by atoms with Crippen LogP contribution < -0.4 is 10.6 Å². The average Bonchev–Trinajstić information content (AvgIpc) is 2.48. The van der Waals surface area contributed by atoms with E-state index in [1.165, 1.54) is 18.0 Å². The molecule has 6 heteroatoms. The highest BCUT2D eigenvalue weighted by Crippen LogP contribution is 2.10. The van der Waals surface area contributed by atoms with Crippen LogP contribution in [0.1, 0.15) is 36.7 Å². The van der Waals surface area contributed by atoms with Crippen molar-refractivity contribution < 1.29 is 4.79 Å². The van der Waals surface area contributed by atoms with Gasteiger partial charge < -0.3 is 10.6 Å². The van der Waals surface area contributed by atoms with Gasteiger partial charge in [0.2, 0.25) is 5.95 Å². The van der Waals surface area contributed by atoms with E-state index in [0.717, 1.165) is 11.4 Å². The fourth-order valence-electron chi connectivity index (χ4n) is 1.92. The maximum Gasteiger partial charge on any atom is 0.254 e. The molecule has 1 aromatic carbocycles. The van der Waals surface area contributed by atoms with Crippen LogP contribution in [0.2, 0.25) is 5.02 Å². The third kappa shape index (κ3) is 5.87. The quantitative estimate of drug-likeness (QED) is 0.881. The molecule has 23 heavy (non-hydrogen) atoms. The molecule has 0 saturated heterocycles. The Balaban J connectivity index is 1.85. The van der Waals surface area contributed by atoms with E-state index in [1.807, 2.05) is 45.0 Å². The summed E-state index contributed by atoms with van der Waals surface area (Å²) in [6.07, 6.45) is 3.89. The Morgan fingerprint density at radius 2 is 1.74 bits per heavy atom. The Morgan fingerprint density at radius 1 is 1.13 bits per heavy atom. The van der Waals surface area contributed by atoms with E-state index in [-0.39, 0.29) is 11.4 Å². The predicted molar refractivity (Wildman–Crippen MR) is 92.9 cm³/mol. The van der Waals surface area contributed by atoms with E-state index in [0.29, 0.717) is 18.1 Å². The van der Waals surface area contributed by atoms with Gasteiger partial charge in [0.25, 0.3) is 5.91 Å². The molecule has 2 rings (SSSR count). The molecule has 0 saturated carbocycles. The predicted octanol–water partition coefficient (Wildman–Crippen LogP) is 3.31. The summed E-state index contributed by atoms with van der Waals surface area (Å²) >= 11 is 5.85. The Kier molecular flexibility index (Phi) is 5.55. The van der Waals surface area contributed by atoms with Crippen molar-refractivity contribution in [2.45, 2.75) is 32.7 Å². The SMILES string of the molecule is CC(C)(C)NC(=O)c1cnc(NCCc2ccc(Cl)cc2)nc1. The molecule has 1 aromatic heterocycles. The highest BCUT2D eigenvalue weighted by atomic mass is 35.5. The van der Waals surface area contributed by atoms with Crippen LogP contribution in [0.15, 0.2) is 36.7 Å². The van der Waals surface area contributed by atoms with Crippen LogP contribution in [0.25, 0.3) is 0 Å². The largest absolute Gasteiger partial charge is 0.354 e. The number of hydrogen-bond donors (Lipinski definition) is 2. The molecule has 0 fully saturated rings. The van der Waals surface area contributed by atoms with Crippen molar-refractivity contribution in [1.29, 1.82) is 0 Å². The fraction of sp³-hybridized carbons (Fsp3) is 0.353. The topological polar surface area (TPSA) is 66.9 Å². The number of benzene rings is 1. The number of amides is 1. The number of carbonyl (C=O) groups excluding carboxylic acids is 1. The molecule has 0 unspecified atom stereocenters. The Hall–Kier alpha value is -2.14. The molecule has 0 spiro atoms. The van der Waals surface area contributed by atoms with Gasteiger partial charge in [0.15, 0.2) is 0 Å². The van der Waals surface area contributed by atoms with Crippen molar-refractivity contribution >= 4 is 23.5 Å². The zero-order valence-electron chi connectivity index (χ0n) is 13.6. The number of halogens is 1. The summed E-state index contributed by atoms with van der Waals surface area (Å²) in [5.41, 5.74) is 1.35. The lowest BCUT2D eigenvalue weighted by Crippen LogP contribution is -2.40. The highest BCUT2D eigenvalue weighted by molar-refractivity contribution is 6.30. The van der Waals surface area contributed by atoms with Gasteiger partial charge in [-0.25, -0.2) is 9.97 Å². The van der Waals surface area contributed by atoms with Crippen molar-refractivity contribution in [3.05, 3.63) is 52.8 Å². The molecule has 0 aliphatic heterocycles. The lowest BCUT2D eigenvalue weighted by atomic mass is 10.1.